The summed E-state index contributed by atoms with van der Waals surface area (Å²) >= 11 is 0. The van der Waals surface area contributed by atoms with Crippen molar-refractivity contribution in [3.05, 3.63) is 11.6 Å². The van der Waals surface area contributed by atoms with Crippen molar-refractivity contribution < 1.29 is 40.8 Å². The molecule has 8 nitrogen and oxygen atoms in total. The van der Waals surface area contributed by atoms with Crippen LogP contribution in [0.1, 0.15) is 265 Å². The molecule has 0 heterocycles. The van der Waals surface area contributed by atoms with E-state index in [1.165, 1.54) is 148 Å². The molecule has 83 heavy (non-hydrogen) atoms. The minimum atomic E-state index is -0.587. The van der Waals surface area contributed by atoms with Gasteiger partial charge in [-0.25, -0.2) is 0 Å². The third kappa shape index (κ3) is 14.4. The van der Waals surface area contributed by atoms with E-state index in [2.05, 4.69) is 43.0 Å². The number of fused-ring (bicyclic) bond motifs is 15. The van der Waals surface area contributed by atoms with E-state index in [0.717, 1.165) is 122 Å². The second kappa shape index (κ2) is 30.1. The molecular weight excluding hydrogens is 1050 g/mol. The molecule has 0 amide bonds. The number of Topliss-reactive ketones (excluding diaryl/α,β-unsaturated/α-hetero) is 1. The highest BCUT2D eigenvalue weighted by Crippen LogP contribution is 2.67. The Balaban J connectivity index is 0.000000220. The first-order valence-electron chi connectivity index (χ1n) is 34.4. The number of carbonyl (C=O) groups is 1. The maximum atomic E-state index is 12.3. The van der Waals surface area contributed by atoms with E-state index in [1.807, 2.05) is 13.8 Å². The number of rotatable bonds is 8. The molecule has 0 spiro atoms. The monoisotopic (exact) mass is 1190 g/mol. The maximum Gasteiger partial charge on any atom is 0.133 e. The van der Waals surface area contributed by atoms with Gasteiger partial charge in [0.15, 0.2) is 0 Å². The minimum absolute atomic E-state index is 0. The van der Waals surface area contributed by atoms with Crippen LogP contribution in [0, 0.1) is 117 Å². The van der Waals surface area contributed by atoms with E-state index < -0.39 is 16.8 Å². The van der Waals surface area contributed by atoms with Gasteiger partial charge in [-0.15, -0.1) is 9.24 Å². The van der Waals surface area contributed by atoms with Gasteiger partial charge < -0.3 is 34.6 Å². The first-order chi connectivity index (χ1) is 38.2. The van der Waals surface area contributed by atoms with E-state index in [1.54, 1.807) is 26.9 Å². The van der Waals surface area contributed by atoms with Crippen molar-refractivity contribution in [2.45, 2.75) is 287 Å². The summed E-state index contributed by atoms with van der Waals surface area (Å²) in [4.78, 5) is 12.3. The zero-order chi connectivity index (χ0) is 57.4. The van der Waals surface area contributed by atoms with Gasteiger partial charge in [-0.1, -0.05) is 81.6 Å². The first kappa shape index (κ1) is 71.6. The molecule has 9 heteroatoms. The highest BCUT2D eigenvalue weighted by molar-refractivity contribution is 7.15. The standard InChI is InChI=1S/C23H40O3.C23H38O3.C23H38O2.CH5P.4CH4/c2*1-15(24)20-5-4-6-21-19-8-7-16-13-23(25,14-26-3)12-10-17(16)18(19)9-11-22(20,21)2;1-4-17-6-5-7-21-20-9-8-16-14-23(24,15-25-3)13-11-18(16)19(20)10-12-22(17,21)2;1-2;;;;/h15-21,24-25H,4-14H2,1-3H3;16-21,25H,4-14H2,1-3H3;4,16,18-21,24H,5-15H2,1-3H3;2H2,1H3;4*1H4/b;;17-4+;;;;;/t15?,16-,17-,18+,19+,20+,21-,22+,23+;16-,17-,18+,19+,20+,21-,22+,23+;16-,18-,19+,20+,21-,22+,23+;;;;;/m000...../s1/i;;;1D;;;;. The zero-order valence-corrected chi connectivity index (χ0v) is 53.2. The molecule has 2 unspecified atom stereocenters. The average Bonchev–Trinajstić information content (AvgIpc) is 0.993. The average molecular weight is 1190 g/mol. The summed E-state index contributed by atoms with van der Waals surface area (Å²) in [5, 5.41) is 43.0. The molecule has 0 aromatic heterocycles. The smallest absolute Gasteiger partial charge is 0.133 e. The van der Waals surface area contributed by atoms with Crippen LogP contribution in [-0.4, -0.2) is 96.9 Å². The second-order valence-electron chi connectivity index (χ2n) is 31.1. The van der Waals surface area contributed by atoms with Crippen LogP contribution in [-0.2, 0) is 19.0 Å². The van der Waals surface area contributed by atoms with E-state index in [4.69, 9.17) is 15.6 Å². The lowest BCUT2D eigenvalue weighted by Crippen LogP contribution is -2.55. The largest absolute Gasteiger partial charge is 0.393 e. The summed E-state index contributed by atoms with van der Waals surface area (Å²) < 4.78 is 22.1. The number of carbonyl (C=O) groups excluding carboxylic acids is 1. The molecular formula is C74H137O8P. The van der Waals surface area contributed by atoms with Gasteiger partial charge in [0, 0.05) is 28.6 Å². The molecule has 0 radical (unpaired) electrons. The third-order valence-electron chi connectivity index (χ3n) is 27.6. The topological polar surface area (TPSA) is 126 Å². The van der Waals surface area contributed by atoms with Crippen molar-refractivity contribution in [2.75, 3.05) is 47.8 Å². The summed E-state index contributed by atoms with van der Waals surface area (Å²) in [5.74, 6) is 13.6. The number of aliphatic hydroxyl groups is 4. The molecule has 0 aliphatic heterocycles. The van der Waals surface area contributed by atoms with E-state index in [9.17, 15) is 25.2 Å². The van der Waals surface area contributed by atoms with Gasteiger partial charge in [0.05, 0.1) is 42.7 Å². The molecule has 0 aromatic rings. The summed E-state index contributed by atoms with van der Waals surface area (Å²) in [6.45, 7) is 15.6. The lowest BCUT2D eigenvalue weighted by Gasteiger charge is -2.61. The van der Waals surface area contributed by atoms with E-state index >= 15 is 0 Å². The van der Waals surface area contributed by atoms with Gasteiger partial charge >= 0.3 is 0 Å². The van der Waals surface area contributed by atoms with Crippen LogP contribution in [0.4, 0.5) is 0 Å². The summed E-state index contributed by atoms with van der Waals surface area (Å²) in [6.07, 6.45) is 39.4. The van der Waals surface area contributed by atoms with Crippen molar-refractivity contribution in [2.24, 2.45) is 117 Å². The Labute approximate surface area is 516 Å². The fourth-order valence-electron chi connectivity index (χ4n) is 24.5. The Morgan fingerprint density at radius 1 is 0.542 bits per heavy atom. The van der Waals surface area contributed by atoms with Crippen molar-refractivity contribution >= 4 is 15.0 Å². The lowest BCUT2D eigenvalue weighted by atomic mass is 9.44. The van der Waals surface area contributed by atoms with Gasteiger partial charge in [-0.2, -0.15) is 0 Å². The molecule has 486 valence electrons. The van der Waals surface area contributed by atoms with E-state index in [0.29, 0.717) is 66.7 Å². The molecule has 12 aliphatic rings. The molecule has 12 saturated carbocycles. The molecule has 4 N–H and O–H groups in total. The summed E-state index contributed by atoms with van der Waals surface area (Å²) in [6, 6.07) is 0. The highest BCUT2D eigenvalue weighted by atomic mass is 31.0. The van der Waals surface area contributed by atoms with Crippen LogP contribution in [0.5, 0.6) is 0 Å². The minimum Gasteiger partial charge on any atom is -0.393 e. The van der Waals surface area contributed by atoms with Gasteiger partial charge in [0.2, 0.25) is 0 Å². The van der Waals surface area contributed by atoms with Gasteiger partial charge in [0.1, 0.15) is 5.78 Å². The van der Waals surface area contributed by atoms with Crippen molar-refractivity contribution in [1.82, 2.24) is 0 Å². The molecule has 0 saturated heterocycles. The summed E-state index contributed by atoms with van der Waals surface area (Å²) in [5.41, 5.74) is 1.16. The number of allylic oxidation sites excluding steroid dienone is 2. The Bertz CT molecular complexity index is 2050. The zero-order valence-electron chi connectivity index (χ0n) is 53.0. The quantitative estimate of drug-likeness (QED) is 0.140. The number of hydrogen-bond donors (Lipinski definition) is 4. The van der Waals surface area contributed by atoms with Crippen molar-refractivity contribution in [3.63, 3.8) is 0 Å². The molecule has 25 atom stereocenters. The Hall–Kier alpha value is -0.440. The number of ether oxygens (including phenoxy) is 3. The molecule has 12 fully saturated rings. The van der Waals surface area contributed by atoms with Crippen LogP contribution < -0.4 is 0 Å². The van der Waals surface area contributed by atoms with Crippen molar-refractivity contribution in [1.29, 1.82) is 0 Å². The maximum absolute atomic E-state index is 12.3. The number of hydrogen-bond acceptors (Lipinski definition) is 8. The highest BCUT2D eigenvalue weighted by Gasteiger charge is 2.60. The first-order valence-corrected chi connectivity index (χ1v) is 34.5. The number of aliphatic hydroxyl groups excluding tert-OH is 1. The SMILES string of the molecule is C.C.C.C.C/C=C1\CCC[C@H]2[C@@H]3CC[C@H]4C[C@@](O)(COC)CC[C@@H]4[C@H]3CC[C@]12C.COC[C@@]1(O)CC[C@H]2[C@@H](CC[C@@H]3[C@@H]2CC[C@]2(C)[C@@H](C(C)=O)CCC[C@@H]32)C1.COC[C@@]1(O)CC[C@H]2[C@@H](CC[C@@H]3[C@@H]2CC[C@]2(C)[C@@H](C(C)O)CCC[C@@H]32)C1.[2H]CP. The van der Waals surface area contributed by atoms with Crippen LogP contribution in [0.2, 0.25) is 0 Å². The fourth-order valence-corrected chi connectivity index (χ4v) is 24.5. The molecule has 0 bridgehead atoms. The Morgan fingerprint density at radius 2 is 0.916 bits per heavy atom. The fraction of sp³-hybridized carbons (Fsp3) is 0.959. The predicted octanol–water partition coefficient (Wildman–Crippen LogP) is 17.4. The third-order valence-corrected chi connectivity index (χ3v) is 27.6. The van der Waals surface area contributed by atoms with Crippen LogP contribution in [0.25, 0.3) is 0 Å². The van der Waals surface area contributed by atoms with Crippen LogP contribution >= 0.6 is 9.24 Å². The van der Waals surface area contributed by atoms with Crippen LogP contribution in [0.3, 0.4) is 0 Å². The molecule has 12 aliphatic carbocycles. The lowest BCUT2D eigenvalue weighted by molar-refractivity contribution is -0.151. The van der Waals surface area contributed by atoms with Crippen LogP contribution in [0.15, 0.2) is 11.6 Å². The molecule has 0 aromatic carbocycles. The predicted molar refractivity (Wildman–Crippen MR) is 351 cm³/mol. The number of methoxy groups -OCH3 is 3. The summed E-state index contributed by atoms with van der Waals surface area (Å²) in [7, 11) is 7.39. The number of ketones is 1. The Morgan fingerprint density at radius 3 is 1.33 bits per heavy atom. The van der Waals surface area contributed by atoms with Gasteiger partial charge in [-0.05, 0) is 311 Å². The van der Waals surface area contributed by atoms with Gasteiger partial charge in [-0.3, -0.25) is 4.79 Å². The molecule has 12 rings (SSSR count). The Kier molecular flexibility index (Phi) is 26.0. The van der Waals surface area contributed by atoms with Gasteiger partial charge in [0.25, 0.3) is 0 Å². The normalized spacial score (nSPS) is 48.2. The van der Waals surface area contributed by atoms with Crippen molar-refractivity contribution in [3.8, 4) is 0 Å². The van der Waals surface area contributed by atoms with E-state index in [-0.39, 0.29) is 41.2 Å². The second-order valence-corrected chi connectivity index (χ2v) is 31.1.